The number of ether oxygens (including phenoxy) is 2. The van der Waals surface area contributed by atoms with Crippen molar-refractivity contribution in [2.24, 2.45) is 5.41 Å². The van der Waals surface area contributed by atoms with E-state index in [1.54, 1.807) is 0 Å². The first-order valence-electron chi connectivity index (χ1n) is 7.51. The first-order chi connectivity index (χ1) is 10.0. The lowest BCUT2D eigenvalue weighted by Crippen LogP contribution is -2.62. The molecule has 4 heteroatoms. The summed E-state index contributed by atoms with van der Waals surface area (Å²) in [6.07, 6.45) is 1.16. The lowest BCUT2D eigenvalue weighted by molar-refractivity contribution is -0.148. The van der Waals surface area contributed by atoms with Gasteiger partial charge in [0.1, 0.15) is 6.04 Å². The molecule has 0 heterocycles. The first-order valence-corrected chi connectivity index (χ1v) is 7.51. The molecular weight excluding hydrogens is 266 g/mol. The van der Waals surface area contributed by atoms with Crippen LogP contribution >= 0.6 is 0 Å². The highest BCUT2D eigenvalue weighted by Crippen LogP contribution is 2.43. The number of methoxy groups -OCH3 is 1. The van der Waals surface area contributed by atoms with E-state index in [1.165, 1.54) is 7.11 Å². The summed E-state index contributed by atoms with van der Waals surface area (Å²) in [5.41, 5.74) is 0.942. The predicted octanol–water partition coefficient (Wildman–Crippen LogP) is 2.69. The van der Waals surface area contributed by atoms with E-state index >= 15 is 0 Å². The van der Waals surface area contributed by atoms with Crippen LogP contribution in [0.5, 0.6) is 0 Å². The van der Waals surface area contributed by atoms with Gasteiger partial charge in [-0.15, -0.1) is 0 Å². The van der Waals surface area contributed by atoms with Crippen LogP contribution in [0.25, 0.3) is 0 Å². The Hall–Kier alpha value is -1.39. The summed E-state index contributed by atoms with van der Waals surface area (Å²) in [7, 11) is 1.43. The van der Waals surface area contributed by atoms with Crippen LogP contribution in [0.15, 0.2) is 30.3 Å². The average Bonchev–Trinajstić information content (AvgIpc) is 2.50. The zero-order valence-electron chi connectivity index (χ0n) is 13.3. The largest absolute Gasteiger partial charge is 0.468 e. The molecule has 1 aliphatic carbocycles. The number of rotatable bonds is 6. The van der Waals surface area contributed by atoms with E-state index in [0.717, 1.165) is 18.6 Å². The molecule has 4 nitrogen and oxygen atoms in total. The van der Waals surface area contributed by atoms with Crippen LogP contribution in [0.2, 0.25) is 0 Å². The third-order valence-electron chi connectivity index (χ3n) is 4.48. The molecule has 3 unspecified atom stereocenters. The second kappa shape index (κ2) is 6.58. The van der Waals surface area contributed by atoms with E-state index in [9.17, 15) is 4.79 Å². The van der Waals surface area contributed by atoms with Gasteiger partial charge in [-0.1, -0.05) is 44.2 Å². The summed E-state index contributed by atoms with van der Waals surface area (Å²) in [6, 6.07) is 9.50. The second-order valence-electron chi connectivity index (χ2n) is 6.09. The third kappa shape index (κ3) is 3.27. The molecular formula is C17H25NO3. The van der Waals surface area contributed by atoms with Gasteiger partial charge in [-0.2, -0.15) is 0 Å². The van der Waals surface area contributed by atoms with Gasteiger partial charge < -0.3 is 9.47 Å². The fraction of sp³-hybridized carbons (Fsp3) is 0.588. The Morgan fingerprint density at radius 3 is 2.57 bits per heavy atom. The minimum absolute atomic E-state index is 0.0110. The SMILES string of the molecule is CCOC1CC(NC(C(=O)OC)c2ccccc2)C1(C)C. The molecule has 21 heavy (non-hydrogen) atoms. The Morgan fingerprint density at radius 1 is 1.38 bits per heavy atom. The molecule has 116 valence electrons. The van der Waals surface area contributed by atoms with Crippen molar-refractivity contribution in [1.29, 1.82) is 0 Å². The summed E-state index contributed by atoms with van der Waals surface area (Å²) in [6.45, 7) is 7.08. The Balaban J connectivity index is 2.09. The Labute approximate surface area is 126 Å². The summed E-state index contributed by atoms with van der Waals surface area (Å²) in [5.74, 6) is -0.253. The molecule has 1 fully saturated rings. The number of benzene rings is 1. The quantitative estimate of drug-likeness (QED) is 0.819. The lowest BCUT2D eigenvalue weighted by Gasteiger charge is -2.52. The molecule has 1 N–H and O–H groups in total. The minimum Gasteiger partial charge on any atom is -0.468 e. The highest BCUT2D eigenvalue weighted by atomic mass is 16.5. The Bertz CT molecular complexity index is 472. The van der Waals surface area contributed by atoms with Crippen molar-refractivity contribution in [2.75, 3.05) is 13.7 Å². The number of esters is 1. The van der Waals surface area contributed by atoms with Crippen molar-refractivity contribution in [1.82, 2.24) is 5.32 Å². The van der Waals surface area contributed by atoms with E-state index in [2.05, 4.69) is 19.2 Å². The fourth-order valence-corrected chi connectivity index (χ4v) is 2.92. The monoisotopic (exact) mass is 291 g/mol. The Morgan fingerprint density at radius 2 is 2.05 bits per heavy atom. The molecule has 0 radical (unpaired) electrons. The number of carbonyl (C=O) groups excluding carboxylic acids is 1. The highest BCUT2D eigenvalue weighted by Gasteiger charge is 2.50. The zero-order valence-corrected chi connectivity index (χ0v) is 13.3. The molecule has 1 saturated carbocycles. The molecule has 0 bridgehead atoms. The third-order valence-corrected chi connectivity index (χ3v) is 4.48. The zero-order chi connectivity index (χ0) is 15.5. The number of hydrogen-bond acceptors (Lipinski definition) is 4. The normalized spacial score (nSPS) is 25.0. The molecule has 1 aromatic rings. The van der Waals surface area contributed by atoms with Gasteiger partial charge in [0, 0.05) is 18.1 Å². The van der Waals surface area contributed by atoms with Crippen molar-refractivity contribution in [3.63, 3.8) is 0 Å². The van der Waals surface area contributed by atoms with Gasteiger partial charge in [0.15, 0.2) is 0 Å². The van der Waals surface area contributed by atoms with Crippen molar-refractivity contribution >= 4 is 5.97 Å². The smallest absolute Gasteiger partial charge is 0.327 e. The molecule has 2 rings (SSSR count). The minimum atomic E-state index is -0.428. The summed E-state index contributed by atoms with van der Waals surface area (Å²) >= 11 is 0. The van der Waals surface area contributed by atoms with Crippen molar-refractivity contribution < 1.29 is 14.3 Å². The van der Waals surface area contributed by atoms with Gasteiger partial charge in [0.05, 0.1) is 13.2 Å². The maximum atomic E-state index is 12.1. The van der Waals surface area contributed by atoms with E-state index in [4.69, 9.17) is 9.47 Å². The maximum absolute atomic E-state index is 12.1. The van der Waals surface area contributed by atoms with Gasteiger partial charge in [-0.3, -0.25) is 5.32 Å². The molecule has 0 aliphatic heterocycles. The molecule has 0 saturated heterocycles. The van der Waals surface area contributed by atoms with Crippen LogP contribution in [0, 0.1) is 5.41 Å². The standard InChI is InChI=1S/C17H25NO3/c1-5-21-14-11-13(17(14,2)3)18-15(16(19)20-4)12-9-7-6-8-10-12/h6-10,13-15,18H,5,11H2,1-4H3. The van der Waals surface area contributed by atoms with E-state index in [-0.39, 0.29) is 23.5 Å². The van der Waals surface area contributed by atoms with Crippen molar-refractivity contribution in [2.45, 2.75) is 45.4 Å². The van der Waals surface area contributed by atoms with Gasteiger partial charge in [0.25, 0.3) is 0 Å². The fourth-order valence-electron chi connectivity index (χ4n) is 2.92. The average molecular weight is 291 g/mol. The maximum Gasteiger partial charge on any atom is 0.327 e. The van der Waals surface area contributed by atoms with Crippen molar-refractivity contribution in [3.05, 3.63) is 35.9 Å². The van der Waals surface area contributed by atoms with Crippen LogP contribution in [-0.2, 0) is 14.3 Å². The number of carbonyl (C=O) groups is 1. The molecule has 1 aromatic carbocycles. The lowest BCUT2D eigenvalue weighted by atomic mass is 9.64. The van der Waals surface area contributed by atoms with Crippen LogP contribution in [0.1, 0.15) is 38.8 Å². The molecule has 0 aromatic heterocycles. The summed E-state index contributed by atoms with van der Waals surface area (Å²) < 4.78 is 10.7. The van der Waals surface area contributed by atoms with Gasteiger partial charge in [0.2, 0.25) is 0 Å². The second-order valence-corrected chi connectivity index (χ2v) is 6.09. The van der Waals surface area contributed by atoms with Crippen molar-refractivity contribution in [3.8, 4) is 0 Å². The topological polar surface area (TPSA) is 47.6 Å². The van der Waals surface area contributed by atoms with Gasteiger partial charge in [-0.25, -0.2) is 4.79 Å². The predicted molar refractivity (Wildman–Crippen MR) is 81.9 cm³/mol. The number of nitrogens with one attached hydrogen (secondary N) is 1. The van der Waals surface area contributed by atoms with E-state index in [0.29, 0.717) is 0 Å². The van der Waals surface area contributed by atoms with Crippen LogP contribution in [0.4, 0.5) is 0 Å². The Kier molecular flexibility index (Phi) is 5.01. The molecule has 1 aliphatic rings. The highest BCUT2D eigenvalue weighted by molar-refractivity contribution is 5.77. The van der Waals surface area contributed by atoms with E-state index in [1.807, 2.05) is 37.3 Å². The van der Waals surface area contributed by atoms with E-state index < -0.39 is 6.04 Å². The number of hydrogen-bond donors (Lipinski definition) is 1. The van der Waals surface area contributed by atoms with Crippen LogP contribution < -0.4 is 5.32 Å². The van der Waals surface area contributed by atoms with Crippen LogP contribution in [-0.4, -0.2) is 31.8 Å². The van der Waals surface area contributed by atoms with Gasteiger partial charge in [-0.05, 0) is 18.9 Å². The molecule has 0 spiro atoms. The summed E-state index contributed by atoms with van der Waals surface area (Å²) in [4.78, 5) is 12.1. The first kappa shape index (κ1) is 16.0. The van der Waals surface area contributed by atoms with Gasteiger partial charge >= 0.3 is 5.97 Å². The summed E-state index contributed by atoms with van der Waals surface area (Å²) in [5, 5.41) is 3.44. The molecule has 0 amide bonds. The van der Waals surface area contributed by atoms with Crippen LogP contribution in [0.3, 0.4) is 0 Å². The molecule has 3 atom stereocenters.